The lowest BCUT2D eigenvalue weighted by Crippen LogP contribution is -2.38. The molecule has 19 nitrogen and oxygen atoms in total. The maximum Gasteiger partial charge on any atom is 0.276 e. The number of carbonyl (C=O) groups is 4. The van der Waals surface area contributed by atoms with Crippen LogP contribution in [0.15, 0.2) is 53.0 Å². The summed E-state index contributed by atoms with van der Waals surface area (Å²) in [5.74, 6) is 3.66. The summed E-state index contributed by atoms with van der Waals surface area (Å²) in [5, 5.41) is 15.0. The van der Waals surface area contributed by atoms with Gasteiger partial charge in [-0.15, -0.1) is 12.8 Å². The summed E-state index contributed by atoms with van der Waals surface area (Å²) in [5.41, 5.74) is 15.4. The summed E-state index contributed by atoms with van der Waals surface area (Å²) >= 11 is 0. The number of amides is 4. The van der Waals surface area contributed by atoms with E-state index in [0.29, 0.717) is 63.6 Å². The summed E-state index contributed by atoms with van der Waals surface area (Å²) in [6.07, 6.45) is 14.4. The highest BCUT2D eigenvalue weighted by molar-refractivity contribution is 6.14. The molecule has 1 aliphatic rings. The minimum absolute atomic E-state index is 0.0628. The molecule has 5 aromatic heterocycles. The van der Waals surface area contributed by atoms with E-state index in [1.807, 2.05) is 12.2 Å². The van der Waals surface area contributed by atoms with Gasteiger partial charge in [-0.25, -0.2) is 19.3 Å². The quantitative estimate of drug-likeness (QED) is 0.0914. The molecule has 4 amide bonds. The molecular formula is C42H38N12O7. The molecule has 7 aromatic rings. The molecule has 1 aliphatic heterocycles. The van der Waals surface area contributed by atoms with E-state index in [9.17, 15) is 19.2 Å². The summed E-state index contributed by atoms with van der Waals surface area (Å²) in [6.45, 7) is 6.30. The van der Waals surface area contributed by atoms with Gasteiger partial charge >= 0.3 is 0 Å². The van der Waals surface area contributed by atoms with E-state index >= 15 is 0 Å². The van der Waals surface area contributed by atoms with E-state index < -0.39 is 23.6 Å². The number of allylic oxidation sites excluding steroid dienone is 2. The number of nitrogens with one attached hydrogen (secondary N) is 2. The van der Waals surface area contributed by atoms with Gasteiger partial charge in [-0.2, -0.15) is 10.2 Å². The van der Waals surface area contributed by atoms with Crippen LogP contribution in [-0.2, 0) is 30.9 Å². The lowest BCUT2D eigenvalue weighted by molar-refractivity contribution is -0.0792. The number of furan rings is 1. The molecule has 0 unspecified atom stereocenters. The van der Waals surface area contributed by atoms with Gasteiger partial charge in [0.1, 0.15) is 53.2 Å². The first-order valence-corrected chi connectivity index (χ1v) is 18.9. The number of carbonyl (C=O) groups excluding carboxylic acids is 4. The zero-order chi connectivity index (χ0) is 43.1. The summed E-state index contributed by atoms with van der Waals surface area (Å²) in [7, 11) is 0. The lowest BCUT2D eigenvalue weighted by atomic mass is 10.1. The first-order valence-electron chi connectivity index (χ1n) is 18.9. The van der Waals surface area contributed by atoms with Crippen molar-refractivity contribution in [1.29, 1.82) is 0 Å². The second kappa shape index (κ2) is 15.9. The number of hydrogen-bond acceptors (Lipinski definition) is 11. The molecule has 2 aromatic carbocycles. The van der Waals surface area contributed by atoms with E-state index in [1.54, 1.807) is 48.1 Å². The third-order valence-electron chi connectivity index (χ3n) is 9.83. The Bertz CT molecular complexity index is 3070. The van der Waals surface area contributed by atoms with Gasteiger partial charge in [-0.1, -0.05) is 24.0 Å². The van der Waals surface area contributed by atoms with Crippen LogP contribution in [0.25, 0.3) is 33.0 Å². The van der Waals surface area contributed by atoms with Crippen LogP contribution in [0.1, 0.15) is 58.8 Å². The number of anilines is 2. The predicted octanol–water partition coefficient (Wildman–Crippen LogP) is 3.45. The minimum Gasteiger partial charge on any atom is -0.483 e. The fourth-order valence-electron chi connectivity index (χ4n) is 7.16. The van der Waals surface area contributed by atoms with Crippen molar-refractivity contribution < 1.29 is 33.1 Å². The summed E-state index contributed by atoms with van der Waals surface area (Å²) in [4.78, 5) is 62.0. The molecule has 0 radical (unpaired) electrons. The fraction of sp³-hybridized carbons (Fsp3) is 0.238. The van der Waals surface area contributed by atoms with Crippen molar-refractivity contribution >= 4 is 68.6 Å². The molecule has 61 heavy (non-hydrogen) atoms. The molecule has 0 saturated carbocycles. The van der Waals surface area contributed by atoms with Crippen LogP contribution in [0, 0.1) is 45.5 Å². The van der Waals surface area contributed by atoms with Crippen molar-refractivity contribution in [3.05, 3.63) is 88.2 Å². The van der Waals surface area contributed by atoms with E-state index in [2.05, 4.69) is 32.7 Å². The van der Waals surface area contributed by atoms with Crippen molar-refractivity contribution in [2.75, 3.05) is 23.8 Å². The molecule has 8 rings (SSSR count). The van der Waals surface area contributed by atoms with Gasteiger partial charge in [0.05, 0.1) is 46.7 Å². The Morgan fingerprint density at radius 2 is 1.36 bits per heavy atom. The van der Waals surface area contributed by atoms with Gasteiger partial charge in [0.15, 0.2) is 0 Å². The SMILES string of the molecule is C#CCn1nc(C)cc1C(=O)Nc1nc2cc(C(N)=O)cc(OC3COC3)c2n1C/C=C/Cn1c(NC(=O)c2cc(C)nn2CC#C)nc2cc(C(N)=O)c3oc(C)cc3c21. The molecule has 0 spiro atoms. The maximum absolute atomic E-state index is 13.8. The van der Waals surface area contributed by atoms with Crippen LogP contribution >= 0.6 is 0 Å². The second-order valence-corrected chi connectivity index (χ2v) is 14.3. The number of ether oxygens (including phenoxy) is 2. The van der Waals surface area contributed by atoms with Crippen molar-refractivity contribution in [3.63, 3.8) is 0 Å². The van der Waals surface area contributed by atoms with Gasteiger partial charge in [-0.3, -0.25) is 29.8 Å². The van der Waals surface area contributed by atoms with Crippen molar-refractivity contribution in [2.24, 2.45) is 11.5 Å². The van der Waals surface area contributed by atoms with E-state index in [1.165, 1.54) is 27.6 Å². The molecular weight excluding hydrogens is 785 g/mol. The number of hydrogen-bond donors (Lipinski definition) is 4. The molecule has 0 atom stereocenters. The predicted molar refractivity (Wildman–Crippen MR) is 223 cm³/mol. The highest BCUT2D eigenvalue weighted by Crippen LogP contribution is 2.35. The van der Waals surface area contributed by atoms with Crippen molar-refractivity contribution in [3.8, 4) is 30.4 Å². The first-order chi connectivity index (χ1) is 29.3. The third-order valence-corrected chi connectivity index (χ3v) is 9.83. The number of nitrogens with zero attached hydrogens (tertiary/aromatic N) is 8. The first kappa shape index (κ1) is 39.7. The number of imidazole rings is 2. The van der Waals surface area contributed by atoms with E-state index in [-0.39, 0.29) is 72.3 Å². The van der Waals surface area contributed by atoms with Crippen LogP contribution in [-0.4, -0.2) is 81.6 Å². The fourth-order valence-corrected chi connectivity index (χ4v) is 7.16. The van der Waals surface area contributed by atoms with Crippen LogP contribution in [0.5, 0.6) is 5.75 Å². The van der Waals surface area contributed by atoms with Crippen LogP contribution in [0.3, 0.4) is 0 Å². The molecule has 1 saturated heterocycles. The van der Waals surface area contributed by atoms with Crippen LogP contribution in [0.2, 0.25) is 0 Å². The Morgan fingerprint density at radius 1 is 0.803 bits per heavy atom. The number of primary amides is 2. The van der Waals surface area contributed by atoms with Gasteiger partial charge in [-0.05, 0) is 57.2 Å². The number of benzene rings is 2. The Balaban J connectivity index is 1.21. The highest BCUT2D eigenvalue weighted by Gasteiger charge is 2.27. The van der Waals surface area contributed by atoms with Crippen molar-refractivity contribution in [2.45, 2.75) is 53.1 Å². The Labute approximate surface area is 346 Å². The average molecular weight is 823 g/mol. The summed E-state index contributed by atoms with van der Waals surface area (Å²) < 4.78 is 23.8. The van der Waals surface area contributed by atoms with Gasteiger partial charge in [0, 0.05) is 24.0 Å². The number of nitrogens with two attached hydrogens (primary N) is 2. The molecule has 6 N–H and O–H groups in total. The number of fused-ring (bicyclic) bond motifs is 4. The zero-order valence-corrected chi connectivity index (χ0v) is 33.2. The zero-order valence-electron chi connectivity index (χ0n) is 33.2. The normalized spacial score (nSPS) is 12.8. The largest absolute Gasteiger partial charge is 0.483 e. The Hall–Kier alpha value is -8.16. The monoisotopic (exact) mass is 822 g/mol. The summed E-state index contributed by atoms with van der Waals surface area (Å²) in [6, 6.07) is 9.56. The second-order valence-electron chi connectivity index (χ2n) is 14.3. The van der Waals surface area contributed by atoms with Gasteiger partial charge in [0.25, 0.3) is 17.7 Å². The molecule has 0 aliphatic carbocycles. The number of rotatable bonds is 14. The van der Waals surface area contributed by atoms with Crippen LogP contribution < -0.4 is 26.8 Å². The number of terminal acetylenes is 2. The average Bonchev–Trinajstić information content (AvgIpc) is 4.01. The maximum atomic E-state index is 13.8. The minimum atomic E-state index is -0.711. The highest BCUT2D eigenvalue weighted by atomic mass is 16.6. The molecule has 0 bridgehead atoms. The molecule has 19 heteroatoms. The number of aromatic nitrogens is 8. The van der Waals surface area contributed by atoms with Gasteiger partial charge < -0.3 is 34.5 Å². The van der Waals surface area contributed by atoms with Gasteiger partial charge in [0.2, 0.25) is 17.8 Å². The van der Waals surface area contributed by atoms with Crippen LogP contribution in [0.4, 0.5) is 11.9 Å². The Morgan fingerprint density at radius 3 is 1.87 bits per heavy atom. The molecule has 308 valence electrons. The van der Waals surface area contributed by atoms with Crippen molar-refractivity contribution in [1.82, 2.24) is 38.7 Å². The molecule has 6 heterocycles. The van der Waals surface area contributed by atoms with E-state index in [4.69, 9.17) is 48.2 Å². The lowest BCUT2D eigenvalue weighted by Gasteiger charge is -2.27. The smallest absolute Gasteiger partial charge is 0.276 e. The third kappa shape index (κ3) is 7.52. The Kier molecular flexibility index (Phi) is 10.3. The number of aryl methyl sites for hydroxylation is 3. The standard InChI is InChI=1S/C42H38N12O7/c1-6-10-53-31(14-22(3)49-53)39(57)47-41-46-30-19-28(38(44)56)36-27(16-24(5)60-36)34(30)51(41)12-8-9-13-52-35-29(17-25(37(43)55)18-33(35)61-26-20-59-21-26)45-42(52)48-40(58)32-15-23(4)50-54(32)11-7-2/h1-2,8-9,14-19,26H,10-13,20-21H2,3-5H3,(H2,43,55)(H2,44,56)(H,45,48,58)(H,46,47,57)/b9-8+. The topological polar surface area (TPSA) is 247 Å². The molecule has 1 fully saturated rings. The van der Waals surface area contributed by atoms with E-state index in [0.717, 1.165) is 0 Å².